The molecule has 1 aromatic heterocycles. The van der Waals surface area contributed by atoms with Gasteiger partial charge in [-0.2, -0.15) is 0 Å². The maximum atomic E-state index is 12.2. The van der Waals surface area contributed by atoms with Gasteiger partial charge in [0, 0.05) is 31.8 Å². The van der Waals surface area contributed by atoms with Crippen molar-refractivity contribution in [2.75, 3.05) is 19.7 Å². The Balaban J connectivity index is 1.37. The third kappa shape index (κ3) is 4.81. The van der Waals surface area contributed by atoms with Crippen LogP contribution in [0.5, 0.6) is 0 Å². The van der Waals surface area contributed by atoms with E-state index in [1.54, 1.807) is 12.4 Å². The molecule has 26 heavy (non-hydrogen) atoms. The van der Waals surface area contributed by atoms with Crippen LogP contribution >= 0.6 is 0 Å². The molecular formula is C20H29N3O3. The normalized spacial score (nSPS) is 21.0. The van der Waals surface area contributed by atoms with Crippen molar-refractivity contribution >= 4 is 11.8 Å². The molecule has 0 radical (unpaired) electrons. The highest BCUT2D eigenvalue weighted by atomic mass is 16.5. The maximum absolute atomic E-state index is 12.2. The van der Waals surface area contributed by atoms with E-state index in [2.05, 4.69) is 24.1 Å². The molecule has 1 spiro atoms. The zero-order valence-electron chi connectivity index (χ0n) is 15.7. The molecule has 2 saturated heterocycles. The van der Waals surface area contributed by atoms with Gasteiger partial charge >= 0.3 is 0 Å². The first-order valence-corrected chi connectivity index (χ1v) is 9.53. The van der Waals surface area contributed by atoms with Crippen molar-refractivity contribution in [3.63, 3.8) is 0 Å². The highest BCUT2D eigenvalue weighted by Crippen LogP contribution is 2.39. The average Bonchev–Trinajstić information content (AvgIpc) is 3.01. The fraction of sp³-hybridized carbons (Fsp3) is 0.650. The Bertz CT molecular complexity index is 626. The lowest BCUT2D eigenvalue weighted by Crippen LogP contribution is -2.63. The number of nitrogens with one attached hydrogen (secondary N) is 1. The zero-order chi connectivity index (χ0) is 18.6. The van der Waals surface area contributed by atoms with Gasteiger partial charge < -0.3 is 15.0 Å². The summed E-state index contributed by atoms with van der Waals surface area (Å²) in [4.78, 5) is 30.2. The van der Waals surface area contributed by atoms with E-state index in [9.17, 15) is 9.59 Å². The summed E-state index contributed by atoms with van der Waals surface area (Å²) in [6.07, 6.45) is 6.34. The molecule has 0 saturated carbocycles. The van der Waals surface area contributed by atoms with Crippen molar-refractivity contribution in [1.82, 2.24) is 15.2 Å². The monoisotopic (exact) mass is 359 g/mol. The highest BCUT2D eigenvalue weighted by Gasteiger charge is 2.51. The molecule has 1 atom stereocenters. The minimum Gasteiger partial charge on any atom is -0.371 e. The van der Waals surface area contributed by atoms with Crippen molar-refractivity contribution in [2.45, 2.75) is 51.7 Å². The van der Waals surface area contributed by atoms with E-state index >= 15 is 0 Å². The van der Waals surface area contributed by atoms with Gasteiger partial charge in [-0.15, -0.1) is 0 Å². The SMILES string of the molecule is CC(C)CCC(=O)N1CC2(CC(CC(=O)NCc3ccncc3)CO2)C1. The Labute approximate surface area is 155 Å². The lowest BCUT2D eigenvalue weighted by Gasteiger charge is -2.47. The number of carbonyl (C=O) groups excluding carboxylic acids is 2. The molecule has 1 N–H and O–H groups in total. The first-order valence-electron chi connectivity index (χ1n) is 9.53. The van der Waals surface area contributed by atoms with Crippen LogP contribution in [0.4, 0.5) is 0 Å². The van der Waals surface area contributed by atoms with Gasteiger partial charge in [-0.05, 0) is 42.4 Å². The van der Waals surface area contributed by atoms with Gasteiger partial charge in [0.1, 0.15) is 5.60 Å². The molecule has 1 aromatic rings. The van der Waals surface area contributed by atoms with Gasteiger partial charge in [-0.25, -0.2) is 0 Å². The number of rotatable bonds is 7. The highest BCUT2D eigenvalue weighted by molar-refractivity contribution is 5.77. The van der Waals surface area contributed by atoms with Gasteiger partial charge in [0.05, 0.1) is 19.7 Å². The minimum absolute atomic E-state index is 0.0525. The van der Waals surface area contributed by atoms with Gasteiger partial charge in [0.25, 0.3) is 0 Å². The van der Waals surface area contributed by atoms with Crippen LogP contribution in [0, 0.1) is 11.8 Å². The van der Waals surface area contributed by atoms with Gasteiger partial charge in [0.2, 0.25) is 11.8 Å². The zero-order valence-corrected chi connectivity index (χ0v) is 15.7. The Morgan fingerprint density at radius 3 is 2.77 bits per heavy atom. The largest absolute Gasteiger partial charge is 0.371 e. The Hall–Kier alpha value is -1.95. The quantitative estimate of drug-likeness (QED) is 0.810. The summed E-state index contributed by atoms with van der Waals surface area (Å²) in [5, 5.41) is 2.96. The van der Waals surface area contributed by atoms with E-state index in [0.717, 1.165) is 18.4 Å². The molecule has 1 unspecified atom stereocenters. The molecular weight excluding hydrogens is 330 g/mol. The van der Waals surface area contributed by atoms with E-state index in [4.69, 9.17) is 4.74 Å². The van der Waals surface area contributed by atoms with Gasteiger partial charge in [0.15, 0.2) is 0 Å². The van der Waals surface area contributed by atoms with Crippen LogP contribution in [-0.2, 0) is 20.9 Å². The number of hydrogen-bond acceptors (Lipinski definition) is 4. The number of likely N-dealkylation sites (tertiary alicyclic amines) is 1. The fourth-order valence-electron chi connectivity index (χ4n) is 3.72. The maximum Gasteiger partial charge on any atom is 0.222 e. The predicted octanol–water partition coefficient (Wildman–Crippen LogP) is 2.14. The third-order valence-corrected chi connectivity index (χ3v) is 5.25. The fourth-order valence-corrected chi connectivity index (χ4v) is 3.72. The topological polar surface area (TPSA) is 71.5 Å². The molecule has 2 fully saturated rings. The summed E-state index contributed by atoms with van der Waals surface area (Å²) in [5.74, 6) is 1.07. The molecule has 2 aliphatic rings. The molecule has 3 heterocycles. The Kier molecular flexibility index (Phi) is 5.91. The summed E-state index contributed by atoms with van der Waals surface area (Å²) in [6, 6.07) is 3.79. The van der Waals surface area contributed by atoms with Crippen molar-refractivity contribution < 1.29 is 14.3 Å². The van der Waals surface area contributed by atoms with Crippen LogP contribution in [0.25, 0.3) is 0 Å². The summed E-state index contributed by atoms with van der Waals surface area (Å²) in [6.45, 7) is 6.76. The summed E-state index contributed by atoms with van der Waals surface area (Å²) in [7, 11) is 0. The van der Waals surface area contributed by atoms with E-state index < -0.39 is 0 Å². The molecule has 142 valence electrons. The number of carbonyl (C=O) groups is 2. The van der Waals surface area contributed by atoms with E-state index in [-0.39, 0.29) is 23.3 Å². The third-order valence-electron chi connectivity index (χ3n) is 5.25. The number of pyridine rings is 1. The lowest BCUT2D eigenvalue weighted by molar-refractivity contribution is -0.158. The molecule has 0 bridgehead atoms. The van der Waals surface area contributed by atoms with Crippen molar-refractivity contribution in [1.29, 1.82) is 0 Å². The lowest BCUT2D eigenvalue weighted by atomic mass is 9.85. The van der Waals surface area contributed by atoms with E-state index in [1.165, 1.54) is 0 Å². The molecule has 3 rings (SSSR count). The number of amides is 2. The minimum atomic E-state index is -0.205. The van der Waals surface area contributed by atoms with Crippen molar-refractivity contribution in [2.24, 2.45) is 11.8 Å². The van der Waals surface area contributed by atoms with Crippen LogP contribution in [0.15, 0.2) is 24.5 Å². The van der Waals surface area contributed by atoms with Gasteiger partial charge in [-0.1, -0.05) is 13.8 Å². The number of nitrogens with zero attached hydrogens (tertiary/aromatic N) is 2. The van der Waals surface area contributed by atoms with E-state index in [1.807, 2.05) is 17.0 Å². The molecule has 2 amide bonds. The molecule has 0 aromatic carbocycles. The molecule has 0 aliphatic carbocycles. The van der Waals surface area contributed by atoms with Crippen LogP contribution in [0.1, 0.15) is 45.1 Å². The second-order valence-corrected chi connectivity index (χ2v) is 8.08. The van der Waals surface area contributed by atoms with Crippen molar-refractivity contribution in [3.8, 4) is 0 Å². The number of ether oxygens (including phenoxy) is 1. The number of hydrogen-bond donors (Lipinski definition) is 1. The molecule has 2 aliphatic heterocycles. The van der Waals surface area contributed by atoms with Gasteiger partial charge in [-0.3, -0.25) is 14.6 Å². The average molecular weight is 359 g/mol. The summed E-state index contributed by atoms with van der Waals surface area (Å²) >= 11 is 0. The summed E-state index contributed by atoms with van der Waals surface area (Å²) < 4.78 is 5.98. The molecule has 6 heteroatoms. The standard InChI is InChI=1S/C20H29N3O3/c1-15(2)3-4-19(25)23-13-20(14-23)10-17(12-26-20)9-18(24)22-11-16-5-7-21-8-6-16/h5-8,15,17H,3-4,9-14H2,1-2H3,(H,22,24). The number of aromatic nitrogens is 1. The smallest absolute Gasteiger partial charge is 0.222 e. The Morgan fingerprint density at radius 1 is 1.35 bits per heavy atom. The van der Waals surface area contributed by atoms with Crippen LogP contribution in [0.3, 0.4) is 0 Å². The summed E-state index contributed by atoms with van der Waals surface area (Å²) in [5.41, 5.74) is 0.839. The first-order chi connectivity index (χ1) is 12.5. The Morgan fingerprint density at radius 2 is 2.08 bits per heavy atom. The second-order valence-electron chi connectivity index (χ2n) is 8.08. The van der Waals surface area contributed by atoms with E-state index in [0.29, 0.717) is 45.0 Å². The van der Waals surface area contributed by atoms with Crippen LogP contribution in [-0.4, -0.2) is 47.0 Å². The predicted molar refractivity (Wildman–Crippen MR) is 98.1 cm³/mol. The molecule has 6 nitrogen and oxygen atoms in total. The first kappa shape index (κ1) is 18.8. The van der Waals surface area contributed by atoms with Crippen LogP contribution < -0.4 is 5.32 Å². The second kappa shape index (κ2) is 8.16. The van der Waals surface area contributed by atoms with Crippen molar-refractivity contribution in [3.05, 3.63) is 30.1 Å². The van der Waals surface area contributed by atoms with Crippen LogP contribution in [0.2, 0.25) is 0 Å².